The van der Waals surface area contributed by atoms with Gasteiger partial charge in [-0.2, -0.15) is 0 Å². The average molecular weight is 372 g/mol. The molecule has 0 radical (unpaired) electrons. The Kier molecular flexibility index (Phi) is 6.26. The summed E-state index contributed by atoms with van der Waals surface area (Å²) in [5.74, 6) is 0.0150. The molecule has 26 heavy (non-hydrogen) atoms. The Morgan fingerprint density at radius 1 is 0.923 bits per heavy atom. The zero-order valence-electron chi connectivity index (χ0n) is 14.5. The predicted octanol–water partition coefficient (Wildman–Crippen LogP) is 2.41. The van der Waals surface area contributed by atoms with Crippen LogP contribution in [-0.2, 0) is 11.3 Å². The van der Waals surface area contributed by atoms with Crippen molar-refractivity contribution in [1.82, 2.24) is 15.1 Å². The molecule has 136 valence electrons. The molecule has 0 aliphatic carbocycles. The summed E-state index contributed by atoms with van der Waals surface area (Å²) in [6.45, 7) is 3.40. The number of nitrogens with zero attached hydrogens (tertiary/aromatic N) is 2. The molecule has 1 fully saturated rings. The van der Waals surface area contributed by atoms with Crippen LogP contribution in [0, 0.1) is 0 Å². The number of rotatable bonds is 5. The second-order valence-electron chi connectivity index (χ2n) is 6.30. The average Bonchev–Trinajstić information content (AvgIpc) is 2.68. The number of nitrogens with one attached hydrogen (secondary N) is 1. The van der Waals surface area contributed by atoms with Crippen LogP contribution in [0.4, 0.5) is 0 Å². The Morgan fingerprint density at radius 3 is 2.27 bits per heavy atom. The van der Waals surface area contributed by atoms with Gasteiger partial charge in [0.2, 0.25) is 5.91 Å². The Balaban J connectivity index is 1.43. The standard InChI is InChI=1S/C20H22ClN3O2/c21-18-9-5-4-8-17(18)14-22-19(25)15-23-10-12-24(13-11-23)20(26)16-6-2-1-3-7-16/h1-9H,10-15H2,(H,22,25). The Labute approximate surface area is 158 Å². The molecule has 0 spiro atoms. The smallest absolute Gasteiger partial charge is 0.253 e. The Morgan fingerprint density at radius 2 is 1.58 bits per heavy atom. The van der Waals surface area contributed by atoms with Gasteiger partial charge in [0.15, 0.2) is 0 Å². The zero-order valence-corrected chi connectivity index (χ0v) is 15.3. The summed E-state index contributed by atoms with van der Waals surface area (Å²) in [4.78, 5) is 28.5. The number of piperazine rings is 1. The molecule has 1 heterocycles. The largest absolute Gasteiger partial charge is 0.351 e. The maximum Gasteiger partial charge on any atom is 0.253 e. The van der Waals surface area contributed by atoms with Gasteiger partial charge in [-0.15, -0.1) is 0 Å². The van der Waals surface area contributed by atoms with Crippen LogP contribution in [0.25, 0.3) is 0 Å². The molecular weight excluding hydrogens is 350 g/mol. The fraction of sp³-hybridized carbons (Fsp3) is 0.300. The second kappa shape index (κ2) is 8.83. The molecule has 0 aromatic heterocycles. The summed E-state index contributed by atoms with van der Waals surface area (Å²) in [6.07, 6.45) is 0. The van der Waals surface area contributed by atoms with Crippen LogP contribution in [0.2, 0.25) is 5.02 Å². The first-order valence-electron chi connectivity index (χ1n) is 8.70. The summed E-state index contributed by atoms with van der Waals surface area (Å²) in [7, 11) is 0. The van der Waals surface area contributed by atoms with Crippen molar-refractivity contribution in [1.29, 1.82) is 0 Å². The molecule has 1 aliphatic rings. The van der Waals surface area contributed by atoms with Crippen LogP contribution < -0.4 is 5.32 Å². The number of hydrogen-bond acceptors (Lipinski definition) is 3. The number of carbonyl (C=O) groups excluding carboxylic acids is 2. The monoisotopic (exact) mass is 371 g/mol. The van der Waals surface area contributed by atoms with E-state index in [0.29, 0.717) is 49.9 Å². The predicted molar refractivity (Wildman–Crippen MR) is 102 cm³/mol. The third-order valence-corrected chi connectivity index (χ3v) is 4.85. The highest BCUT2D eigenvalue weighted by atomic mass is 35.5. The first kappa shape index (κ1) is 18.4. The van der Waals surface area contributed by atoms with Gasteiger partial charge in [-0.3, -0.25) is 14.5 Å². The molecule has 0 atom stereocenters. The first-order valence-corrected chi connectivity index (χ1v) is 9.08. The van der Waals surface area contributed by atoms with Crippen LogP contribution in [0.3, 0.4) is 0 Å². The highest BCUT2D eigenvalue weighted by Crippen LogP contribution is 2.14. The molecule has 3 rings (SSSR count). The number of carbonyl (C=O) groups is 2. The zero-order chi connectivity index (χ0) is 18.4. The SMILES string of the molecule is O=C(CN1CCN(C(=O)c2ccccc2)CC1)NCc1ccccc1Cl. The van der Waals surface area contributed by atoms with E-state index in [0.717, 1.165) is 5.56 Å². The van der Waals surface area contributed by atoms with Crippen molar-refractivity contribution >= 4 is 23.4 Å². The van der Waals surface area contributed by atoms with Gasteiger partial charge in [-0.25, -0.2) is 0 Å². The van der Waals surface area contributed by atoms with Gasteiger partial charge in [0.05, 0.1) is 6.54 Å². The lowest BCUT2D eigenvalue weighted by Crippen LogP contribution is -2.51. The van der Waals surface area contributed by atoms with Crippen molar-refractivity contribution in [2.75, 3.05) is 32.7 Å². The first-order chi connectivity index (χ1) is 12.6. The topological polar surface area (TPSA) is 52.7 Å². The molecule has 0 saturated carbocycles. The van der Waals surface area contributed by atoms with E-state index < -0.39 is 0 Å². The van der Waals surface area contributed by atoms with E-state index in [1.54, 1.807) is 0 Å². The molecule has 1 saturated heterocycles. The van der Waals surface area contributed by atoms with Gasteiger partial charge in [0, 0.05) is 43.3 Å². The summed E-state index contributed by atoms with van der Waals surface area (Å²) in [5.41, 5.74) is 1.61. The van der Waals surface area contributed by atoms with E-state index in [1.165, 1.54) is 0 Å². The molecule has 1 aliphatic heterocycles. The maximum absolute atomic E-state index is 12.4. The third kappa shape index (κ3) is 4.84. The highest BCUT2D eigenvalue weighted by Gasteiger charge is 2.23. The number of benzene rings is 2. The van der Waals surface area contributed by atoms with Crippen molar-refractivity contribution in [3.63, 3.8) is 0 Å². The van der Waals surface area contributed by atoms with Gasteiger partial charge in [-0.1, -0.05) is 48.0 Å². The molecule has 5 nitrogen and oxygen atoms in total. The summed E-state index contributed by atoms with van der Waals surface area (Å²) in [6, 6.07) is 16.8. The minimum atomic E-state index is -0.0345. The van der Waals surface area contributed by atoms with Gasteiger partial charge in [0.25, 0.3) is 5.91 Å². The Bertz CT molecular complexity index is 759. The lowest BCUT2D eigenvalue weighted by Gasteiger charge is -2.34. The van der Waals surface area contributed by atoms with Crippen molar-refractivity contribution in [3.05, 3.63) is 70.7 Å². The van der Waals surface area contributed by atoms with Crippen LogP contribution in [-0.4, -0.2) is 54.3 Å². The van der Waals surface area contributed by atoms with Crippen molar-refractivity contribution in [3.8, 4) is 0 Å². The van der Waals surface area contributed by atoms with Crippen LogP contribution in [0.1, 0.15) is 15.9 Å². The number of halogens is 1. The molecule has 2 aromatic rings. The van der Waals surface area contributed by atoms with Gasteiger partial charge in [-0.05, 0) is 23.8 Å². The minimum Gasteiger partial charge on any atom is -0.351 e. The van der Waals surface area contributed by atoms with Crippen molar-refractivity contribution in [2.45, 2.75) is 6.54 Å². The number of hydrogen-bond donors (Lipinski definition) is 1. The van der Waals surface area contributed by atoms with E-state index in [9.17, 15) is 9.59 Å². The van der Waals surface area contributed by atoms with E-state index >= 15 is 0 Å². The van der Waals surface area contributed by atoms with Gasteiger partial charge < -0.3 is 10.2 Å². The summed E-state index contributed by atoms with van der Waals surface area (Å²) >= 11 is 6.10. The van der Waals surface area contributed by atoms with Gasteiger partial charge in [0.1, 0.15) is 0 Å². The van der Waals surface area contributed by atoms with Crippen molar-refractivity contribution in [2.24, 2.45) is 0 Å². The van der Waals surface area contributed by atoms with Crippen LogP contribution in [0.15, 0.2) is 54.6 Å². The quantitative estimate of drug-likeness (QED) is 0.878. The minimum absolute atomic E-state index is 0.0345. The number of amides is 2. The molecule has 0 unspecified atom stereocenters. The van der Waals surface area contributed by atoms with Crippen molar-refractivity contribution < 1.29 is 9.59 Å². The van der Waals surface area contributed by atoms with Crippen LogP contribution >= 0.6 is 11.6 Å². The fourth-order valence-corrected chi connectivity index (χ4v) is 3.17. The van der Waals surface area contributed by atoms with E-state index in [1.807, 2.05) is 59.5 Å². The molecule has 0 bridgehead atoms. The van der Waals surface area contributed by atoms with Crippen LogP contribution in [0.5, 0.6) is 0 Å². The summed E-state index contributed by atoms with van der Waals surface area (Å²) in [5, 5.41) is 3.55. The van der Waals surface area contributed by atoms with E-state index in [-0.39, 0.29) is 11.8 Å². The fourth-order valence-electron chi connectivity index (χ4n) is 2.97. The highest BCUT2D eigenvalue weighted by molar-refractivity contribution is 6.31. The van der Waals surface area contributed by atoms with E-state index in [4.69, 9.17) is 11.6 Å². The molecule has 2 aromatic carbocycles. The lowest BCUT2D eigenvalue weighted by atomic mass is 10.2. The molecule has 1 N–H and O–H groups in total. The lowest BCUT2D eigenvalue weighted by molar-refractivity contribution is -0.122. The summed E-state index contributed by atoms with van der Waals surface area (Å²) < 4.78 is 0. The normalized spacial score (nSPS) is 14.9. The Hall–Kier alpha value is -2.37. The second-order valence-corrected chi connectivity index (χ2v) is 6.71. The molecule has 2 amide bonds. The van der Waals surface area contributed by atoms with Gasteiger partial charge >= 0.3 is 0 Å². The molecular formula is C20H22ClN3O2. The maximum atomic E-state index is 12.4. The molecule has 6 heteroatoms. The van der Waals surface area contributed by atoms with E-state index in [2.05, 4.69) is 10.2 Å². The third-order valence-electron chi connectivity index (χ3n) is 4.48.